The molecule has 5 nitrogen and oxygen atoms in total. The third kappa shape index (κ3) is 4.00. The van der Waals surface area contributed by atoms with E-state index in [4.69, 9.17) is 11.6 Å². The first kappa shape index (κ1) is 16.2. The molecule has 23 heavy (non-hydrogen) atoms. The first-order valence-electron chi connectivity index (χ1n) is 7.79. The predicted octanol–water partition coefficient (Wildman–Crippen LogP) is 4.17. The summed E-state index contributed by atoms with van der Waals surface area (Å²) in [5, 5.41) is 14.3. The first-order valence-corrected chi connectivity index (χ1v) is 8.99. The Morgan fingerprint density at radius 1 is 1.30 bits per heavy atom. The van der Waals surface area contributed by atoms with Crippen LogP contribution < -0.4 is 5.32 Å². The molecule has 7 heteroatoms. The molecule has 0 atom stereocenters. The Balaban J connectivity index is 1.53. The van der Waals surface area contributed by atoms with Crippen LogP contribution in [0.15, 0.2) is 24.3 Å². The number of nitrogens with zero attached hydrogens (tertiary/aromatic N) is 3. The molecule has 2 aromatic rings. The molecule has 0 saturated carbocycles. The molecule has 1 fully saturated rings. The quantitative estimate of drug-likeness (QED) is 0.903. The minimum Gasteiger partial charge on any atom is -0.324 e. The molecule has 2 heterocycles. The number of aryl methyl sites for hydroxylation is 1. The molecular formula is C16H19ClN4OS. The zero-order valence-corrected chi connectivity index (χ0v) is 14.5. The molecule has 0 unspecified atom stereocenters. The summed E-state index contributed by atoms with van der Waals surface area (Å²) in [5.74, 6) is 0.424. The number of likely N-dealkylation sites (tertiary alicyclic amines) is 1. The topological polar surface area (TPSA) is 58.1 Å². The van der Waals surface area contributed by atoms with E-state index in [1.807, 2.05) is 4.90 Å². The van der Waals surface area contributed by atoms with Crippen molar-refractivity contribution in [2.45, 2.75) is 32.1 Å². The average Bonchev–Trinajstić information content (AvgIpc) is 3.06. The van der Waals surface area contributed by atoms with Gasteiger partial charge in [-0.15, -0.1) is 21.5 Å². The Bertz CT molecular complexity index is 665. The standard InChI is InChI=1S/C16H19ClN4OS/c1-2-14-19-20-15(23-14)11-7-9-21(10-8-11)16(22)18-13-5-3-12(17)4-6-13/h3-6,11H,2,7-10H2,1H3,(H,18,22). The maximum atomic E-state index is 12.3. The number of aromatic nitrogens is 2. The van der Waals surface area contributed by atoms with Gasteiger partial charge in [-0.3, -0.25) is 0 Å². The third-order valence-corrected chi connectivity index (χ3v) is 5.49. The minimum atomic E-state index is -0.0581. The Hall–Kier alpha value is -1.66. The van der Waals surface area contributed by atoms with Crippen LogP contribution in [0.4, 0.5) is 10.5 Å². The molecule has 122 valence electrons. The lowest BCUT2D eigenvalue weighted by molar-refractivity contribution is 0.194. The second-order valence-corrected chi connectivity index (χ2v) is 7.12. The van der Waals surface area contributed by atoms with Crippen molar-refractivity contribution in [1.29, 1.82) is 0 Å². The Morgan fingerprint density at radius 3 is 2.61 bits per heavy atom. The second-order valence-electron chi connectivity index (χ2n) is 5.59. The number of halogens is 1. The summed E-state index contributed by atoms with van der Waals surface area (Å²) in [6.07, 6.45) is 2.80. The lowest BCUT2D eigenvalue weighted by Crippen LogP contribution is -2.40. The van der Waals surface area contributed by atoms with Gasteiger partial charge in [0, 0.05) is 29.7 Å². The number of rotatable bonds is 3. The van der Waals surface area contributed by atoms with E-state index >= 15 is 0 Å². The fraction of sp³-hybridized carbons (Fsp3) is 0.438. The molecule has 1 aliphatic heterocycles. The Morgan fingerprint density at radius 2 is 2.00 bits per heavy atom. The fourth-order valence-electron chi connectivity index (χ4n) is 2.64. The maximum absolute atomic E-state index is 12.3. The molecule has 0 spiro atoms. The van der Waals surface area contributed by atoms with Crippen LogP contribution >= 0.6 is 22.9 Å². The number of carbonyl (C=O) groups excluding carboxylic acids is 1. The van der Waals surface area contributed by atoms with Crippen LogP contribution in [0.1, 0.15) is 35.7 Å². The molecule has 3 rings (SSSR count). The normalized spacial score (nSPS) is 15.7. The van der Waals surface area contributed by atoms with Gasteiger partial charge in [0.05, 0.1) is 0 Å². The van der Waals surface area contributed by atoms with Crippen LogP contribution in [0.25, 0.3) is 0 Å². The number of benzene rings is 1. The van der Waals surface area contributed by atoms with E-state index in [1.165, 1.54) is 0 Å². The lowest BCUT2D eigenvalue weighted by atomic mass is 9.98. The van der Waals surface area contributed by atoms with Gasteiger partial charge in [0.25, 0.3) is 0 Å². The molecule has 1 aliphatic rings. The second kappa shape index (κ2) is 7.27. The summed E-state index contributed by atoms with van der Waals surface area (Å²) in [6.45, 7) is 3.57. The van der Waals surface area contributed by atoms with Gasteiger partial charge in [0.2, 0.25) is 0 Å². The van der Waals surface area contributed by atoms with Crippen molar-refractivity contribution in [3.63, 3.8) is 0 Å². The summed E-state index contributed by atoms with van der Waals surface area (Å²) in [6, 6.07) is 7.09. The van der Waals surface area contributed by atoms with Gasteiger partial charge in [0.1, 0.15) is 10.0 Å². The van der Waals surface area contributed by atoms with Gasteiger partial charge in [0.15, 0.2) is 0 Å². The number of amides is 2. The maximum Gasteiger partial charge on any atom is 0.321 e. The Kier molecular flexibility index (Phi) is 5.13. The van der Waals surface area contributed by atoms with Crippen LogP contribution in [-0.2, 0) is 6.42 Å². The summed E-state index contributed by atoms with van der Waals surface area (Å²) in [7, 11) is 0. The van der Waals surface area contributed by atoms with E-state index in [1.54, 1.807) is 35.6 Å². The van der Waals surface area contributed by atoms with Gasteiger partial charge in [-0.05, 0) is 43.5 Å². The van der Waals surface area contributed by atoms with Crippen molar-refractivity contribution >= 4 is 34.7 Å². The van der Waals surface area contributed by atoms with E-state index in [2.05, 4.69) is 22.4 Å². The lowest BCUT2D eigenvalue weighted by Gasteiger charge is -2.31. The van der Waals surface area contributed by atoms with E-state index in [-0.39, 0.29) is 6.03 Å². The molecule has 1 N–H and O–H groups in total. The molecule has 0 radical (unpaired) electrons. The van der Waals surface area contributed by atoms with Crippen LogP contribution in [0.2, 0.25) is 5.02 Å². The number of hydrogen-bond acceptors (Lipinski definition) is 4. The Labute approximate surface area is 144 Å². The molecule has 0 bridgehead atoms. The molecule has 1 aromatic carbocycles. The van der Waals surface area contributed by atoms with Gasteiger partial charge in [-0.25, -0.2) is 4.79 Å². The minimum absolute atomic E-state index is 0.0581. The highest BCUT2D eigenvalue weighted by molar-refractivity contribution is 7.11. The highest BCUT2D eigenvalue weighted by Gasteiger charge is 2.26. The van der Waals surface area contributed by atoms with Crippen LogP contribution in [0.3, 0.4) is 0 Å². The van der Waals surface area contributed by atoms with Crippen molar-refractivity contribution in [3.05, 3.63) is 39.3 Å². The smallest absolute Gasteiger partial charge is 0.321 e. The van der Waals surface area contributed by atoms with E-state index < -0.39 is 0 Å². The zero-order chi connectivity index (χ0) is 16.2. The summed E-state index contributed by atoms with van der Waals surface area (Å²) in [4.78, 5) is 14.2. The van der Waals surface area contributed by atoms with Crippen molar-refractivity contribution in [3.8, 4) is 0 Å². The monoisotopic (exact) mass is 350 g/mol. The molecule has 1 saturated heterocycles. The fourth-order valence-corrected chi connectivity index (χ4v) is 3.72. The van der Waals surface area contributed by atoms with Crippen molar-refractivity contribution in [1.82, 2.24) is 15.1 Å². The van der Waals surface area contributed by atoms with Crippen LogP contribution in [0.5, 0.6) is 0 Å². The van der Waals surface area contributed by atoms with E-state index in [9.17, 15) is 4.79 Å². The third-order valence-electron chi connectivity index (χ3n) is 4.01. The number of anilines is 1. The van der Waals surface area contributed by atoms with Gasteiger partial charge in [-0.1, -0.05) is 18.5 Å². The molecule has 2 amide bonds. The summed E-state index contributed by atoms with van der Waals surface area (Å²) >= 11 is 7.55. The van der Waals surface area contributed by atoms with Gasteiger partial charge >= 0.3 is 6.03 Å². The van der Waals surface area contributed by atoms with Gasteiger partial charge < -0.3 is 10.2 Å². The van der Waals surface area contributed by atoms with E-state index in [0.29, 0.717) is 10.9 Å². The zero-order valence-electron chi connectivity index (χ0n) is 13.0. The van der Waals surface area contributed by atoms with Crippen molar-refractivity contribution in [2.24, 2.45) is 0 Å². The molecule has 0 aliphatic carbocycles. The molecule has 1 aromatic heterocycles. The highest BCUT2D eigenvalue weighted by atomic mass is 35.5. The predicted molar refractivity (Wildman–Crippen MR) is 93.3 cm³/mol. The van der Waals surface area contributed by atoms with E-state index in [0.717, 1.165) is 48.1 Å². The van der Waals surface area contributed by atoms with Crippen LogP contribution in [0, 0.1) is 0 Å². The highest BCUT2D eigenvalue weighted by Crippen LogP contribution is 2.30. The van der Waals surface area contributed by atoms with Crippen LogP contribution in [-0.4, -0.2) is 34.2 Å². The largest absolute Gasteiger partial charge is 0.324 e. The van der Waals surface area contributed by atoms with Crippen molar-refractivity contribution in [2.75, 3.05) is 18.4 Å². The number of hydrogen-bond donors (Lipinski definition) is 1. The molecular weight excluding hydrogens is 332 g/mol. The first-order chi connectivity index (χ1) is 11.2. The van der Waals surface area contributed by atoms with Crippen molar-refractivity contribution < 1.29 is 4.79 Å². The summed E-state index contributed by atoms with van der Waals surface area (Å²) < 4.78 is 0. The number of piperidine rings is 1. The number of nitrogens with one attached hydrogen (secondary N) is 1. The summed E-state index contributed by atoms with van der Waals surface area (Å²) in [5.41, 5.74) is 0.762. The number of carbonyl (C=O) groups is 1. The van der Waals surface area contributed by atoms with Gasteiger partial charge in [-0.2, -0.15) is 0 Å². The average molecular weight is 351 g/mol. The SMILES string of the molecule is CCc1nnc(C2CCN(C(=O)Nc3ccc(Cl)cc3)CC2)s1. The number of urea groups is 1.